The lowest BCUT2D eigenvalue weighted by Gasteiger charge is -2.19. The first-order valence-electron chi connectivity index (χ1n) is 11.2. The molecule has 0 fully saturated rings. The van der Waals surface area contributed by atoms with Crippen LogP contribution < -0.4 is 9.11 Å². The average Bonchev–Trinajstić information content (AvgIpc) is 3.47. The third kappa shape index (κ3) is 4.22. The summed E-state index contributed by atoms with van der Waals surface area (Å²) in [6.45, 7) is 2.22. The Morgan fingerprint density at radius 3 is 2.53 bits per heavy atom. The first-order chi connectivity index (χ1) is 17.3. The monoisotopic (exact) mass is 521 g/mol. The number of fused-ring (bicyclic) bond motifs is 2. The molecule has 0 bridgehead atoms. The van der Waals surface area contributed by atoms with Gasteiger partial charge in [0.15, 0.2) is 4.80 Å². The maximum absolute atomic E-state index is 13.2. The molecule has 0 spiro atoms. The molecule has 0 N–H and O–H groups in total. The molecule has 10 heteroatoms. The predicted octanol–water partition coefficient (Wildman–Crippen LogP) is 3.68. The Kier molecular flexibility index (Phi) is 6.23. The van der Waals surface area contributed by atoms with E-state index in [-0.39, 0.29) is 17.0 Å². The number of nitrogens with zero attached hydrogens (tertiary/aromatic N) is 3. The van der Waals surface area contributed by atoms with Crippen LogP contribution in [0.4, 0.5) is 5.69 Å². The van der Waals surface area contributed by atoms with Crippen LogP contribution in [0.25, 0.3) is 10.2 Å². The summed E-state index contributed by atoms with van der Waals surface area (Å²) >= 11 is 1.30. The number of hydrogen-bond donors (Lipinski definition) is 0. The molecule has 3 aromatic carbocycles. The second-order valence-corrected chi connectivity index (χ2v) is 11.2. The molecule has 4 aromatic rings. The van der Waals surface area contributed by atoms with E-state index in [0.29, 0.717) is 23.5 Å². The van der Waals surface area contributed by atoms with Gasteiger partial charge in [0.25, 0.3) is 15.9 Å². The summed E-state index contributed by atoms with van der Waals surface area (Å²) in [5.41, 5.74) is 3.68. The number of carbonyl (C=O) groups excluding carboxylic acids is 2. The fourth-order valence-corrected chi connectivity index (χ4v) is 6.95. The van der Waals surface area contributed by atoms with Crippen molar-refractivity contribution < 1.29 is 22.7 Å². The number of benzene rings is 3. The van der Waals surface area contributed by atoms with Gasteiger partial charge in [-0.1, -0.05) is 41.7 Å². The first kappa shape index (κ1) is 24.0. The van der Waals surface area contributed by atoms with E-state index in [0.717, 1.165) is 21.3 Å². The molecule has 0 radical (unpaired) electrons. The van der Waals surface area contributed by atoms with Gasteiger partial charge in [0.1, 0.15) is 6.54 Å². The molecule has 0 aliphatic carbocycles. The number of aryl methyl sites for hydroxylation is 1. The molecular formula is C26H23N3O5S2. The molecule has 0 unspecified atom stereocenters. The molecule has 0 saturated heterocycles. The molecular weight excluding hydrogens is 498 g/mol. The number of aromatic nitrogens is 1. The lowest BCUT2D eigenvalue weighted by Crippen LogP contribution is -2.29. The number of rotatable bonds is 5. The number of para-hydroxylation sites is 2. The summed E-state index contributed by atoms with van der Waals surface area (Å²) in [5.74, 6) is -0.988. The highest BCUT2D eigenvalue weighted by atomic mass is 32.2. The minimum Gasteiger partial charge on any atom is -0.468 e. The van der Waals surface area contributed by atoms with Gasteiger partial charge in [0, 0.05) is 12.1 Å². The van der Waals surface area contributed by atoms with Gasteiger partial charge in [-0.3, -0.25) is 13.9 Å². The number of methoxy groups -OCH3 is 1. The number of sulfonamides is 1. The highest BCUT2D eigenvalue weighted by Crippen LogP contribution is 2.32. The zero-order chi connectivity index (χ0) is 25.4. The van der Waals surface area contributed by atoms with Crippen molar-refractivity contribution in [3.8, 4) is 0 Å². The predicted molar refractivity (Wildman–Crippen MR) is 138 cm³/mol. The van der Waals surface area contributed by atoms with E-state index in [2.05, 4.69) is 4.99 Å². The Morgan fingerprint density at radius 1 is 1.03 bits per heavy atom. The van der Waals surface area contributed by atoms with Crippen LogP contribution in [0.3, 0.4) is 0 Å². The van der Waals surface area contributed by atoms with Crippen LogP contribution >= 0.6 is 11.3 Å². The molecule has 36 heavy (non-hydrogen) atoms. The van der Waals surface area contributed by atoms with Gasteiger partial charge in [-0.05, 0) is 60.9 Å². The quantitative estimate of drug-likeness (QED) is 0.373. The maximum Gasteiger partial charge on any atom is 0.325 e. The number of amides is 1. The van der Waals surface area contributed by atoms with Crippen molar-refractivity contribution in [1.29, 1.82) is 0 Å². The van der Waals surface area contributed by atoms with E-state index in [1.807, 2.05) is 43.3 Å². The van der Waals surface area contributed by atoms with Crippen LogP contribution in [0, 0.1) is 6.92 Å². The summed E-state index contributed by atoms with van der Waals surface area (Å²) in [7, 11) is -2.45. The highest BCUT2D eigenvalue weighted by Gasteiger charge is 2.30. The van der Waals surface area contributed by atoms with Gasteiger partial charge in [0.05, 0.1) is 27.9 Å². The molecule has 1 aliphatic heterocycles. The van der Waals surface area contributed by atoms with E-state index >= 15 is 0 Å². The second kappa shape index (κ2) is 9.36. The normalized spacial score (nSPS) is 13.7. The van der Waals surface area contributed by atoms with Crippen LogP contribution in [0.2, 0.25) is 0 Å². The number of anilines is 1. The van der Waals surface area contributed by atoms with Crippen LogP contribution in [0.15, 0.2) is 76.6 Å². The van der Waals surface area contributed by atoms with Gasteiger partial charge >= 0.3 is 5.97 Å². The van der Waals surface area contributed by atoms with Crippen molar-refractivity contribution in [3.05, 3.63) is 88.2 Å². The fourth-order valence-electron chi connectivity index (χ4n) is 4.34. The van der Waals surface area contributed by atoms with Crippen LogP contribution in [0.5, 0.6) is 0 Å². The van der Waals surface area contributed by atoms with E-state index < -0.39 is 21.9 Å². The second-order valence-electron chi connectivity index (χ2n) is 8.37. The molecule has 8 nitrogen and oxygen atoms in total. The highest BCUT2D eigenvalue weighted by molar-refractivity contribution is 7.92. The number of esters is 1. The summed E-state index contributed by atoms with van der Waals surface area (Å²) in [6.07, 6.45) is 0.658. The molecule has 5 rings (SSSR count). The molecule has 0 atom stereocenters. The largest absolute Gasteiger partial charge is 0.468 e. The lowest BCUT2D eigenvalue weighted by molar-refractivity contribution is -0.141. The molecule has 2 heterocycles. The topological polar surface area (TPSA) is 98.0 Å². The van der Waals surface area contributed by atoms with Crippen molar-refractivity contribution >= 4 is 49.1 Å². The minimum atomic E-state index is -3.76. The molecule has 1 aromatic heterocycles. The average molecular weight is 522 g/mol. The Morgan fingerprint density at radius 2 is 1.78 bits per heavy atom. The minimum absolute atomic E-state index is 0.0814. The molecule has 0 saturated carbocycles. The molecule has 1 amide bonds. The van der Waals surface area contributed by atoms with Gasteiger partial charge in [-0.25, -0.2) is 8.42 Å². The van der Waals surface area contributed by atoms with Crippen LogP contribution in [-0.4, -0.2) is 38.5 Å². The summed E-state index contributed by atoms with van der Waals surface area (Å²) in [5, 5.41) is 0. The molecule has 1 aliphatic rings. The van der Waals surface area contributed by atoms with E-state index in [4.69, 9.17) is 4.74 Å². The third-order valence-electron chi connectivity index (χ3n) is 6.15. The number of thiazole rings is 1. The van der Waals surface area contributed by atoms with Crippen molar-refractivity contribution in [2.45, 2.75) is 24.8 Å². The number of ether oxygens (including phenoxy) is 1. The summed E-state index contributed by atoms with van der Waals surface area (Å²) < 4.78 is 35.3. The Balaban J connectivity index is 1.48. The van der Waals surface area contributed by atoms with Crippen LogP contribution in [-0.2, 0) is 32.5 Å². The van der Waals surface area contributed by atoms with E-state index in [1.54, 1.807) is 10.6 Å². The Bertz CT molecular complexity index is 1670. The number of hydrogen-bond acceptors (Lipinski definition) is 6. The van der Waals surface area contributed by atoms with E-state index in [9.17, 15) is 18.0 Å². The lowest BCUT2D eigenvalue weighted by atomic mass is 10.2. The van der Waals surface area contributed by atoms with Crippen molar-refractivity contribution in [1.82, 2.24) is 4.57 Å². The van der Waals surface area contributed by atoms with Crippen LogP contribution in [0.1, 0.15) is 21.5 Å². The Labute approximate surface area is 212 Å². The molecule has 184 valence electrons. The zero-order valence-corrected chi connectivity index (χ0v) is 21.3. The SMILES string of the molecule is COC(=O)Cn1c(=NC(=O)c2ccc(S(=O)(=O)N3CCc4ccccc43)cc2)sc2cccc(C)c21. The smallest absolute Gasteiger partial charge is 0.325 e. The van der Waals surface area contributed by atoms with Crippen molar-refractivity contribution in [2.24, 2.45) is 4.99 Å². The fraction of sp³-hybridized carbons (Fsp3) is 0.192. The first-order valence-corrected chi connectivity index (χ1v) is 13.5. The van der Waals surface area contributed by atoms with Gasteiger partial charge < -0.3 is 9.30 Å². The third-order valence-corrected chi connectivity index (χ3v) is 9.02. The standard InChI is InChI=1S/C26H23N3O5S2/c1-17-6-5-9-22-24(17)28(16-23(30)34-2)26(35-22)27-25(31)19-10-12-20(13-11-19)36(32,33)29-15-14-18-7-3-4-8-21(18)29/h3-13H,14-16H2,1-2H3. The maximum atomic E-state index is 13.2. The summed E-state index contributed by atoms with van der Waals surface area (Å²) in [4.78, 5) is 29.8. The zero-order valence-electron chi connectivity index (χ0n) is 19.7. The summed E-state index contributed by atoms with van der Waals surface area (Å²) in [6, 6.07) is 18.9. The van der Waals surface area contributed by atoms with E-state index in [1.165, 1.54) is 47.0 Å². The van der Waals surface area contributed by atoms with Gasteiger partial charge in [-0.15, -0.1) is 0 Å². The van der Waals surface area contributed by atoms with Gasteiger partial charge in [0.2, 0.25) is 0 Å². The van der Waals surface area contributed by atoms with Gasteiger partial charge in [-0.2, -0.15) is 4.99 Å². The number of carbonyl (C=O) groups is 2. The van der Waals surface area contributed by atoms with Crippen molar-refractivity contribution in [3.63, 3.8) is 0 Å². The Hall–Kier alpha value is -3.76. The van der Waals surface area contributed by atoms with Crippen molar-refractivity contribution in [2.75, 3.05) is 18.0 Å².